The molecule has 0 aliphatic carbocycles. The summed E-state index contributed by atoms with van der Waals surface area (Å²) in [5, 5.41) is 7.51. The number of rotatable bonds is 8. The van der Waals surface area contributed by atoms with E-state index in [1.165, 1.54) is 0 Å². The van der Waals surface area contributed by atoms with Crippen LogP contribution in [-0.2, 0) is 9.59 Å². The molecule has 25 heavy (non-hydrogen) atoms. The number of nitrogens with one attached hydrogen (secondary N) is 3. The smallest absolute Gasteiger partial charge is 0.321 e. The molecule has 4 amide bonds. The second-order valence-corrected chi connectivity index (χ2v) is 5.36. The van der Waals surface area contributed by atoms with Gasteiger partial charge in [0.1, 0.15) is 5.75 Å². The lowest BCUT2D eigenvalue weighted by Crippen LogP contribution is -2.51. The number of hydrogen-bond acceptors (Lipinski definition) is 5. The highest BCUT2D eigenvalue weighted by molar-refractivity contribution is 5.97. The third-order valence-electron chi connectivity index (χ3n) is 3.63. The van der Waals surface area contributed by atoms with Crippen molar-refractivity contribution in [3.05, 3.63) is 24.3 Å². The average Bonchev–Trinajstić information content (AvgIpc) is 2.59. The summed E-state index contributed by atoms with van der Waals surface area (Å²) >= 11 is 0. The van der Waals surface area contributed by atoms with E-state index in [2.05, 4.69) is 16.0 Å². The predicted molar refractivity (Wildman–Crippen MR) is 95.5 cm³/mol. The molecular formula is C17H26N4O4. The molecule has 1 atom stereocenters. The van der Waals surface area contributed by atoms with Crippen molar-refractivity contribution >= 4 is 23.5 Å². The summed E-state index contributed by atoms with van der Waals surface area (Å²) in [6, 6.07) is 5.80. The Morgan fingerprint density at radius 3 is 2.32 bits per heavy atom. The SMILES string of the molecule is CCNC(=O)NC(=O)C(C)N(CC)CC(=O)Nc1ccc(OC)cc1. The van der Waals surface area contributed by atoms with Crippen molar-refractivity contribution in [1.29, 1.82) is 0 Å². The number of methoxy groups -OCH3 is 1. The van der Waals surface area contributed by atoms with Crippen LogP contribution in [0.1, 0.15) is 20.8 Å². The molecule has 8 heteroatoms. The zero-order valence-corrected chi connectivity index (χ0v) is 15.1. The van der Waals surface area contributed by atoms with E-state index in [-0.39, 0.29) is 12.5 Å². The standard InChI is InChI=1S/C17H26N4O4/c1-5-18-17(24)20-16(23)12(3)21(6-2)11-15(22)19-13-7-9-14(25-4)10-8-13/h7-10,12H,5-6,11H2,1-4H3,(H,19,22)(H2,18,20,23,24). The van der Waals surface area contributed by atoms with E-state index in [1.807, 2.05) is 6.92 Å². The molecule has 0 aliphatic rings. The van der Waals surface area contributed by atoms with E-state index < -0.39 is 18.0 Å². The minimum Gasteiger partial charge on any atom is -0.497 e. The molecular weight excluding hydrogens is 324 g/mol. The van der Waals surface area contributed by atoms with Crippen molar-refractivity contribution in [2.24, 2.45) is 0 Å². The lowest BCUT2D eigenvalue weighted by Gasteiger charge is -2.26. The number of amides is 4. The number of carbonyl (C=O) groups is 3. The van der Waals surface area contributed by atoms with Gasteiger partial charge in [0.25, 0.3) is 0 Å². The Hall–Kier alpha value is -2.61. The average molecular weight is 350 g/mol. The van der Waals surface area contributed by atoms with Crippen LogP contribution in [0.4, 0.5) is 10.5 Å². The van der Waals surface area contributed by atoms with Gasteiger partial charge >= 0.3 is 6.03 Å². The first kappa shape index (κ1) is 20.4. The number of benzene rings is 1. The summed E-state index contributed by atoms with van der Waals surface area (Å²) in [7, 11) is 1.57. The Morgan fingerprint density at radius 2 is 1.80 bits per heavy atom. The number of anilines is 1. The second-order valence-electron chi connectivity index (χ2n) is 5.36. The van der Waals surface area contributed by atoms with Gasteiger partial charge in [0.15, 0.2) is 0 Å². The zero-order chi connectivity index (χ0) is 18.8. The molecule has 0 fully saturated rings. The minimum atomic E-state index is -0.616. The number of hydrogen-bond donors (Lipinski definition) is 3. The monoisotopic (exact) mass is 350 g/mol. The molecule has 0 spiro atoms. The molecule has 0 saturated heterocycles. The first-order chi connectivity index (χ1) is 11.9. The molecule has 1 unspecified atom stereocenters. The number of urea groups is 1. The molecule has 0 saturated carbocycles. The second kappa shape index (κ2) is 10.3. The summed E-state index contributed by atoms with van der Waals surface area (Å²) in [5.74, 6) is -0.00134. The minimum absolute atomic E-state index is 0.0342. The number of carbonyl (C=O) groups excluding carboxylic acids is 3. The largest absolute Gasteiger partial charge is 0.497 e. The Balaban J connectivity index is 2.58. The van der Waals surface area contributed by atoms with Crippen LogP contribution in [0, 0.1) is 0 Å². The normalized spacial score (nSPS) is 11.6. The van der Waals surface area contributed by atoms with Gasteiger partial charge in [-0.1, -0.05) is 6.92 Å². The Bertz CT molecular complexity index is 589. The van der Waals surface area contributed by atoms with E-state index in [0.29, 0.717) is 24.5 Å². The quantitative estimate of drug-likeness (QED) is 0.654. The predicted octanol–water partition coefficient (Wildman–Crippen LogP) is 1.19. The summed E-state index contributed by atoms with van der Waals surface area (Å²) in [4.78, 5) is 37.4. The van der Waals surface area contributed by atoms with E-state index in [9.17, 15) is 14.4 Å². The fraction of sp³-hybridized carbons (Fsp3) is 0.471. The number of nitrogens with zero attached hydrogens (tertiary/aromatic N) is 1. The van der Waals surface area contributed by atoms with E-state index in [0.717, 1.165) is 0 Å². The van der Waals surface area contributed by atoms with Crippen LogP contribution in [-0.4, -0.2) is 55.5 Å². The number of ether oxygens (including phenoxy) is 1. The topological polar surface area (TPSA) is 99.8 Å². The number of likely N-dealkylation sites (N-methyl/N-ethyl adjacent to an activating group) is 1. The highest BCUT2D eigenvalue weighted by atomic mass is 16.5. The molecule has 0 aromatic heterocycles. The van der Waals surface area contributed by atoms with Gasteiger partial charge < -0.3 is 15.4 Å². The molecule has 8 nitrogen and oxygen atoms in total. The van der Waals surface area contributed by atoms with Crippen molar-refractivity contribution in [2.45, 2.75) is 26.8 Å². The molecule has 1 aromatic carbocycles. The van der Waals surface area contributed by atoms with Crippen LogP contribution in [0.3, 0.4) is 0 Å². The molecule has 1 aromatic rings. The van der Waals surface area contributed by atoms with Crippen LogP contribution in [0.15, 0.2) is 24.3 Å². The van der Waals surface area contributed by atoms with Gasteiger partial charge in [-0.2, -0.15) is 0 Å². The summed E-state index contributed by atoms with van der Waals surface area (Å²) in [5.41, 5.74) is 0.640. The van der Waals surface area contributed by atoms with Crippen LogP contribution >= 0.6 is 0 Å². The highest BCUT2D eigenvalue weighted by Crippen LogP contribution is 2.15. The molecule has 3 N–H and O–H groups in total. The van der Waals surface area contributed by atoms with Crippen molar-refractivity contribution in [2.75, 3.05) is 32.1 Å². The zero-order valence-electron chi connectivity index (χ0n) is 15.1. The fourth-order valence-corrected chi connectivity index (χ4v) is 2.17. The molecule has 0 radical (unpaired) electrons. The summed E-state index contributed by atoms with van der Waals surface area (Å²) in [6.07, 6.45) is 0. The highest BCUT2D eigenvalue weighted by Gasteiger charge is 2.23. The maximum atomic E-state index is 12.2. The Morgan fingerprint density at radius 1 is 1.16 bits per heavy atom. The molecule has 0 aliphatic heterocycles. The van der Waals surface area contributed by atoms with Crippen LogP contribution in [0.5, 0.6) is 5.75 Å². The lowest BCUT2D eigenvalue weighted by atomic mass is 10.2. The van der Waals surface area contributed by atoms with Crippen LogP contribution in [0.2, 0.25) is 0 Å². The van der Waals surface area contributed by atoms with Crippen LogP contribution in [0.25, 0.3) is 0 Å². The van der Waals surface area contributed by atoms with Gasteiger partial charge in [0.05, 0.1) is 19.7 Å². The van der Waals surface area contributed by atoms with Gasteiger partial charge in [0, 0.05) is 12.2 Å². The molecule has 1 rings (SSSR count). The summed E-state index contributed by atoms with van der Waals surface area (Å²) < 4.78 is 5.06. The van der Waals surface area contributed by atoms with E-state index in [1.54, 1.807) is 50.1 Å². The fourth-order valence-electron chi connectivity index (χ4n) is 2.17. The third-order valence-corrected chi connectivity index (χ3v) is 3.63. The van der Waals surface area contributed by atoms with Gasteiger partial charge in [-0.15, -0.1) is 0 Å². The molecule has 0 bridgehead atoms. The van der Waals surface area contributed by atoms with Crippen molar-refractivity contribution in [3.8, 4) is 5.75 Å². The van der Waals surface area contributed by atoms with Gasteiger partial charge in [-0.25, -0.2) is 4.79 Å². The Labute approximate surface area is 147 Å². The third kappa shape index (κ3) is 6.80. The van der Waals surface area contributed by atoms with Gasteiger partial charge in [-0.3, -0.25) is 19.8 Å². The first-order valence-electron chi connectivity index (χ1n) is 8.17. The van der Waals surface area contributed by atoms with Gasteiger partial charge in [-0.05, 0) is 44.7 Å². The maximum absolute atomic E-state index is 12.2. The van der Waals surface area contributed by atoms with Crippen molar-refractivity contribution < 1.29 is 19.1 Å². The van der Waals surface area contributed by atoms with E-state index >= 15 is 0 Å². The number of imide groups is 1. The van der Waals surface area contributed by atoms with Crippen molar-refractivity contribution in [1.82, 2.24) is 15.5 Å². The first-order valence-corrected chi connectivity index (χ1v) is 8.17. The Kier molecular flexibility index (Phi) is 8.42. The summed E-state index contributed by atoms with van der Waals surface area (Å²) in [6.45, 7) is 6.20. The van der Waals surface area contributed by atoms with Crippen LogP contribution < -0.4 is 20.7 Å². The van der Waals surface area contributed by atoms with E-state index in [4.69, 9.17) is 4.74 Å². The molecule has 0 heterocycles. The lowest BCUT2D eigenvalue weighted by molar-refractivity contribution is -0.126. The van der Waals surface area contributed by atoms with Crippen molar-refractivity contribution in [3.63, 3.8) is 0 Å². The maximum Gasteiger partial charge on any atom is 0.321 e. The van der Waals surface area contributed by atoms with Gasteiger partial charge in [0.2, 0.25) is 11.8 Å². The molecule has 138 valence electrons.